The molecule has 1 unspecified atom stereocenters. The molecule has 2 fully saturated rings. The van der Waals surface area contributed by atoms with Crippen LogP contribution in [0.4, 0.5) is 0 Å². The molecule has 1 heterocycles. The summed E-state index contributed by atoms with van der Waals surface area (Å²) in [6.07, 6.45) is 4.10. The summed E-state index contributed by atoms with van der Waals surface area (Å²) in [5, 5.41) is 2.53. The van der Waals surface area contributed by atoms with E-state index in [4.69, 9.17) is 0 Å². The number of nitrogens with zero attached hydrogens (tertiary/aromatic N) is 2. The monoisotopic (exact) mass is 561 g/mol. The molecule has 1 aromatic rings. The number of amides is 2. The molecular weight excluding hydrogens is 510 g/mol. The van der Waals surface area contributed by atoms with Crippen LogP contribution in [0, 0.1) is 5.92 Å². The van der Waals surface area contributed by atoms with Crippen molar-refractivity contribution in [2.24, 2.45) is 5.92 Å². The highest BCUT2D eigenvalue weighted by molar-refractivity contribution is 7.91. The summed E-state index contributed by atoms with van der Waals surface area (Å²) in [5.41, 5.74) is 1.54. The molecule has 2 amide bonds. The van der Waals surface area contributed by atoms with Crippen LogP contribution in [-0.4, -0.2) is 78.3 Å². The lowest BCUT2D eigenvalue weighted by molar-refractivity contribution is -0.133. The van der Waals surface area contributed by atoms with Crippen molar-refractivity contribution in [1.82, 2.24) is 15.1 Å². The Hall–Kier alpha value is -1.93. The fourth-order valence-corrected chi connectivity index (χ4v) is 7.60. The summed E-state index contributed by atoms with van der Waals surface area (Å²) in [6.45, 7) is 17.9. The highest BCUT2D eigenvalue weighted by Gasteiger charge is 2.44. The van der Waals surface area contributed by atoms with Crippen LogP contribution in [0.1, 0.15) is 103 Å². The summed E-state index contributed by atoms with van der Waals surface area (Å²) in [7, 11) is -3.27. The molecule has 7 nitrogen and oxygen atoms in total. The molecule has 3 rings (SSSR count). The highest BCUT2D eigenvalue weighted by atomic mass is 32.2. The molecule has 1 aliphatic heterocycles. The molecule has 2 aliphatic rings. The van der Waals surface area contributed by atoms with Gasteiger partial charge in [-0.3, -0.25) is 14.5 Å². The van der Waals surface area contributed by atoms with Crippen molar-refractivity contribution in [3.8, 4) is 0 Å². The molecular formula is C31H51N3O4S. The summed E-state index contributed by atoms with van der Waals surface area (Å²) in [4.78, 5) is 31.1. The lowest BCUT2D eigenvalue weighted by Gasteiger charge is -2.45. The fraction of sp³-hybridized carbons (Fsp3) is 0.742. The Morgan fingerprint density at radius 1 is 1.13 bits per heavy atom. The molecule has 8 heteroatoms. The van der Waals surface area contributed by atoms with Crippen LogP contribution in [0.2, 0.25) is 0 Å². The molecule has 39 heavy (non-hydrogen) atoms. The lowest BCUT2D eigenvalue weighted by atomic mass is 9.80. The van der Waals surface area contributed by atoms with E-state index in [2.05, 4.69) is 51.8 Å². The molecule has 1 saturated carbocycles. The van der Waals surface area contributed by atoms with E-state index in [1.807, 2.05) is 23.1 Å². The molecule has 1 N–H and O–H groups in total. The van der Waals surface area contributed by atoms with Gasteiger partial charge in [-0.15, -0.1) is 0 Å². The Bertz CT molecular complexity index is 1110. The molecule has 0 radical (unpaired) electrons. The maximum absolute atomic E-state index is 13.6. The van der Waals surface area contributed by atoms with Crippen molar-refractivity contribution in [3.63, 3.8) is 0 Å². The van der Waals surface area contributed by atoms with E-state index in [-0.39, 0.29) is 34.9 Å². The van der Waals surface area contributed by atoms with E-state index in [0.29, 0.717) is 30.6 Å². The van der Waals surface area contributed by atoms with E-state index in [1.54, 1.807) is 19.9 Å². The maximum Gasteiger partial charge on any atom is 0.251 e. The first kappa shape index (κ1) is 31.6. The fourth-order valence-electron chi connectivity index (χ4n) is 6.26. The van der Waals surface area contributed by atoms with Gasteiger partial charge in [0, 0.05) is 30.2 Å². The number of nitrogens with one attached hydrogen (secondary N) is 1. The van der Waals surface area contributed by atoms with Gasteiger partial charge in [0.1, 0.15) is 6.04 Å². The van der Waals surface area contributed by atoms with Gasteiger partial charge in [-0.1, -0.05) is 39.8 Å². The van der Waals surface area contributed by atoms with E-state index in [1.165, 1.54) is 0 Å². The van der Waals surface area contributed by atoms with Crippen LogP contribution < -0.4 is 5.32 Å². The smallest absolute Gasteiger partial charge is 0.251 e. The van der Waals surface area contributed by atoms with Gasteiger partial charge in [-0.25, -0.2) is 8.42 Å². The van der Waals surface area contributed by atoms with Gasteiger partial charge < -0.3 is 10.2 Å². The second kappa shape index (κ2) is 12.7. The van der Waals surface area contributed by atoms with E-state index in [9.17, 15) is 18.0 Å². The van der Waals surface area contributed by atoms with Gasteiger partial charge in [0.05, 0.1) is 11.0 Å². The predicted molar refractivity (Wildman–Crippen MR) is 159 cm³/mol. The van der Waals surface area contributed by atoms with Crippen LogP contribution in [0.15, 0.2) is 24.3 Å². The van der Waals surface area contributed by atoms with Gasteiger partial charge in [0.2, 0.25) is 5.91 Å². The van der Waals surface area contributed by atoms with Crippen LogP contribution in [0.3, 0.4) is 0 Å². The third-order valence-corrected chi connectivity index (χ3v) is 11.0. The molecule has 0 spiro atoms. The Balaban J connectivity index is 1.77. The molecule has 1 aromatic carbocycles. The zero-order valence-electron chi connectivity index (χ0n) is 25.4. The number of hydrogen-bond donors (Lipinski definition) is 1. The van der Waals surface area contributed by atoms with Gasteiger partial charge in [0.25, 0.3) is 5.91 Å². The van der Waals surface area contributed by atoms with Crippen molar-refractivity contribution in [1.29, 1.82) is 0 Å². The third-order valence-electron chi connectivity index (χ3n) is 8.63. The SMILES string of the molecule is CCCN(C(C)C)[C@@H]1CC[C@H](N2CCC(NC(=O)c3cccc(C(C)(C)C)c3)C2=O)[C@H](CS(=O)(=O)C(C)C)C1. The standard InChI is InChI=1S/C31H51N3O4S/c1-9-16-33(21(2)3)26-13-14-28(24(19-26)20-39(37,38)22(4)5)34-17-15-27(30(34)36)32-29(35)23-11-10-12-25(18-23)31(6,7)8/h10-12,18,21-22,24,26-28H,9,13-17,19-20H2,1-8H3,(H,32,35)/t24-,26+,27?,28-/m0/s1. The van der Waals surface area contributed by atoms with Gasteiger partial charge in [-0.05, 0) is 95.4 Å². The van der Waals surface area contributed by atoms with Crippen LogP contribution >= 0.6 is 0 Å². The average Bonchev–Trinajstić information content (AvgIpc) is 3.21. The first-order chi connectivity index (χ1) is 18.2. The molecule has 0 bridgehead atoms. The van der Waals surface area contributed by atoms with Crippen LogP contribution in [0.5, 0.6) is 0 Å². The average molecular weight is 562 g/mol. The quantitative estimate of drug-likeness (QED) is 0.444. The van der Waals surface area contributed by atoms with Crippen molar-refractivity contribution < 1.29 is 18.0 Å². The number of benzene rings is 1. The Kier molecular flexibility index (Phi) is 10.3. The normalized spacial score (nSPS) is 24.7. The summed E-state index contributed by atoms with van der Waals surface area (Å²) >= 11 is 0. The Labute approximate surface area is 237 Å². The maximum atomic E-state index is 13.6. The summed E-state index contributed by atoms with van der Waals surface area (Å²) in [6, 6.07) is 7.59. The van der Waals surface area contributed by atoms with E-state index < -0.39 is 21.1 Å². The highest BCUT2D eigenvalue weighted by Crippen LogP contribution is 2.36. The minimum absolute atomic E-state index is 0.0806. The lowest BCUT2D eigenvalue weighted by Crippen LogP contribution is -2.54. The third kappa shape index (κ3) is 7.63. The molecule has 220 valence electrons. The zero-order valence-corrected chi connectivity index (χ0v) is 26.2. The predicted octanol–water partition coefficient (Wildman–Crippen LogP) is 4.80. The van der Waals surface area contributed by atoms with Gasteiger partial charge >= 0.3 is 0 Å². The Morgan fingerprint density at radius 2 is 1.82 bits per heavy atom. The van der Waals surface area contributed by atoms with E-state index >= 15 is 0 Å². The van der Waals surface area contributed by atoms with Crippen molar-refractivity contribution in [2.45, 2.75) is 122 Å². The first-order valence-corrected chi connectivity index (χ1v) is 16.6. The Morgan fingerprint density at radius 3 is 2.41 bits per heavy atom. The second-order valence-corrected chi connectivity index (χ2v) is 15.8. The number of carbonyl (C=O) groups is 2. The van der Waals surface area contributed by atoms with Gasteiger partial charge in [0.15, 0.2) is 9.84 Å². The molecule has 0 aromatic heterocycles. The van der Waals surface area contributed by atoms with E-state index in [0.717, 1.165) is 37.8 Å². The van der Waals surface area contributed by atoms with Crippen molar-refractivity contribution >= 4 is 21.7 Å². The summed E-state index contributed by atoms with van der Waals surface area (Å²) in [5.74, 6) is -0.336. The molecule has 1 aliphatic carbocycles. The number of likely N-dealkylation sites (tertiary alicyclic amines) is 1. The van der Waals surface area contributed by atoms with Crippen LogP contribution in [0.25, 0.3) is 0 Å². The van der Waals surface area contributed by atoms with Gasteiger partial charge in [-0.2, -0.15) is 0 Å². The van der Waals surface area contributed by atoms with Crippen LogP contribution in [-0.2, 0) is 20.0 Å². The number of hydrogen-bond acceptors (Lipinski definition) is 5. The zero-order chi connectivity index (χ0) is 29.1. The topological polar surface area (TPSA) is 86.8 Å². The number of sulfone groups is 1. The van der Waals surface area contributed by atoms with Crippen molar-refractivity contribution in [3.05, 3.63) is 35.4 Å². The number of rotatable bonds is 10. The largest absolute Gasteiger partial charge is 0.340 e. The first-order valence-electron chi connectivity index (χ1n) is 14.8. The summed E-state index contributed by atoms with van der Waals surface area (Å²) < 4.78 is 26.1. The minimum Gasteiger partial charge on any atom is -0.340 e. The number of carbonyl (C=O) groups excluding carboxylic acids is 2. The molecule has 4 atom stereocenters. The second-order valence-electron chi connectivity index (χ2n) is 13.2. The minimum atomic E-state index is -3.27. The molecule has 1 saturated heterocycles. The van der Waals surface area contributed by atoms with Crippen molar-refractivity contribution in [2.75, 3.05) is 18.8 Å².